The molecule has 0 radical (unpaired) electrons. The quantitative estimate of drug-likeness (QED) is 0.862. The van der Waals surface area contributed by atoms with Crippen molar-refractivity contribution in [1.82, 2.24) is 14.9 Å². The van der Waals surface area contributed by atoms with Gasteiger partial charge in [0.1, 0.15) is 12.1 Å². The molecule has 0 bridgehead atoms. The molecule has 0 unspecified atom stereocenters. The van der Waals surface area contributed by atoms with Crippen molar-refractivity contribution in [3.63, 3.8) is 0 Å². The number of nitrogens with two attached hydrogens (primary N) is 1. The zero-order valence-corrected chi connectivity index (χ0v) is 11.9. The van der Waals surface area contributed by atoms with E-state index in [0.717, 1.165) is 48.6 Å². The van der Waals surface area contributed by atoms with Crippen LogP contribution in [-0.2, 0) is 0 Å². The highest BCUT2D eigenvalue weighted by Crippen LogP contribution is 2.25. The van der Waals surface area contributed by atoms with E-state index in [0.29, 0.717) is 0 Å². The lowest BCUT2D eigenvalue weighted by Gasteiger charge is -2.35. The van der Waals surface area contributed by atoms with Gasteiger partial charge in [0.2, 0.25) is 0 Å². The summed E-state index contributed by atoms with van der Waals surface area (Å²) in [5.41, 5.74) is 7.62. The number of nitrogens with zero attached hydrogens (tertiary/aromatic N) is 4. The van der Waals surface area contributed by atoms with Gasteiger partial charge in [0, 0.05) is 37.3 Å². The van der Waals surface area contributed by atoms with E-state index in [4.69, 9.17) is 5.73 Å². The fraction of sp³-hybridized carbons (Fsp3) is 0.467. The van der Waals surface area contributed by atoms with Crippen molar-refractivity contribution in [2.45, 2.75) is 13.3 Å². The number of hydrogen-bond acceptors (Lipinski definition) is 5. The molecule has 1 aromatic heterocycles. The number of hydrogen-bond donors (Lipinski definition) is 1. The Morgan fingerprint density at radius 1 is 1.15 bits per heavy atom. The minimum atomic E-state index is 0.762. The van der Waals surface area contributed by atoms with Gasteiger partial charge >= 0.3 is 0 Å². The molecule has 1 aromatic carbocycles. The van der Waals surface area contributed by atoms with Crippen LogP contribution < -0.4 is 10.6 Å². The van der Waals surface area contributed by atoms with Gasteiger partial charge in [-0.2, -0.15) is 0 Å². The fourth-order valence-electron chi connectivity index (χ4n) is 2.81. The molecule has 0 atom stereocenters. The third-order valence-corrected chi connectivity index (χ3v) is 3.85. The molecule has 2 aromatic rings. The first-order valence-corrected chi connectivity index (χ1v) is 7.25. The van der Waals surface area contributed by atoms with E-state index >= 15 is 0 Å². The molecule has 106 valence electrons. The number of aromatic nitrogens is 2. The normalized spacial score (nSPS) is 16.8. The average molecular weight is 271 g/mol. The summed E-state index contributed by atoms with van der Waals surface area (Å²) < 4.78 is 0. The van der Waals surface area contributed by atoms with Crippen LogP contribution >= 0.6 is 0 Å². The molecule has 5 heteroatoms. The van der Waals surface area contributed by atoms with Crippen LogP contribution in [0.15, 0.2) is 24.5 Å². The van der Waals surface area contributed by atoms with Crippen LogP contribution in [0.5, 0.6) is 0 Å². The Bertz CT molecular complexity index is 590. The molecule has 1 fully saturated rings. The largest absolute Gasteiger partial charge is 0.399 e. The third kappa shape index (κ3) is 2.54. The first-order chi connectivity index (χ1) is 9.78. The van der Waals surface area contributed by atoms with Crippen LogP contribution in [0.2, 0.25) is 0 Å². The van der Waals surface area contributed by atoms with Crippen molar-refractivity contribution in [3.8, 4) is 0 Å². The standard InChI is InChI=1S/C15H21N5/c1-2-5-19-6-8-20(9-7-19)15-13-10-12(16)3-4-14(13)17-11-18-15/h3-4,10-11H,2,5-9,16H2,1H3. The summed E-state index contributed by atoms with van der Waals surface area (Å²) in [6.45, 7) is 7.64. The van der Waals surface area contributed by atoms with Crippen molar-refractivity contribution in [2.75, 3.05) is 43.4 Å². The zero-order chi connectivity index (χ0) is 13.9. The van der Waals surface area contributed by atoms with Gasteiger partial charge < -0.3 is 10.6 Å². The Kier molecular flexibility index (Phi) is 3.69. The third-order valence-electron chi connectivity index (χ3n) is 3.85. The smallest absolute Gasteiger partial charge is 0.140 e. The predicted octanol–water partition coefficient (Wildman–Crippen LogP) is 1.74. The van der Waals surface area contributed by atoms with E-state index in [1.165, 1.54) is 13.0 Å². The van der Waals surface area contributed by atoms with Crippen molar-refractivity contribution in [1.29, 1.82) is 0 Å². The molecule has 20 heavy (non-hydrogen) atoms. The van der Waals surface area contributed by atoms with Crippen molar-refractivity contribution >= 4 is 22.4 Å². The maximum absolute atomic E-state index is 5.90. The second-order valence-corrected chi connectivity index (χ2v) is 5.30. The van der Waals surface area contributed by atoms with Gasteiger partial charge in [-0.15, -0.1) is 0 Å². The molecule has 3 rings (SSSR count). The molecular weight excluding hydrogens is 250 g/mol. The highest BCUT2D eigenvalue weighted by Gasteiger charge is 2.19. The Hall–Kier alpha value is -1.88. The fourth-order valence-corrected chi connectivity index (χ4v) is 2.81. The molecule has 0 aliphatic carbocycles. The van der Waals surface area contributed by atoms with Crippen LogP contribution in [0, 0.1) is 0 Å². The maximum atomic E-state index is 5.90. The van der Waals surface area contributed by atoms with Gasteiger partial charge in [0.05, 0.1) is 5.52 Å². The Labute approximate surface area is 119 Å². The van der Waals surface area contributed by atoms with E-state index in [-0.39, 0.29) is 0 Å². The molecule has 0 saturated carbocycles. The first kappa shape index (κ1) is 13.1. The van der Waals surface area contributed by atoms with Crippen LogP contribution in [-0.4, -0.2) is 47.6 Å². The zero-order valence-electron chi connectivity index (χ0n) is 11.9. The SMILES string of the molecule is CCCN1CCN(c2ncnc3ccc(N)cc23)CC1. The molecule has 0 spiro atoms. The number of anilines is 2. The Morgan fingerprint density at radius 2 is 1.95 bits per heavy atom. The first-order valence-electron chi connectivity index (χ1n) is 7.25. The van der Waals surface area contributed by atoms with Crippen LogP contribution in [0.25, 0.3) is 10.9 Å². The van der Waals surface area contributed by atoms with Crippen LogP contribution in [0.1, 0.15) is 13.3 Å². The van der Waals surface area contributed by atoms with E-state index in [2.05, 4.69) is 26.7 Å². The molecule has 5 nitrogen and oxygen atoms in total. The predicted molar refractivity (Wildman–Crippen MR) is 82.9 cm³/mol. The lowest BCUT2D eigenvalue weighted by molar-refractivity contribution is 0.258. The van der Waals surface area contributed by atoms with Gasteiger partial charge in [-0.1, -0.05) is 6.92 Å². The Morgan fingerprint density at radius 3 is 2.70 bits per heavy atom. The van der Waals surface area contributed by atoms with Gasteiger partial charge in [0.25, 0.3) is 0 Å². The molecule has 2 heterocycles. The van der Waals surface area contributed by atoms with Crippen molar-refractivity contribution in [2.24, 2.45) is 0 Å². The molecular formula is C15H21N5. The van der Waals surface area contributed by atoms with E-state index in [9.17, 15) is 0 Å². The lowest BCUT2D eigenvalue weighted by atomic mass is 10.2. The monoisotopic (exact) mass is 271 g/mol. The summed E-state index contributed by atoms with van der Waals surface area (Å²) in [6, 6.07) is 5.82. The van der Waals surface area contributed by atoms with Gasteiger partial charge in [-0.25, -0.2) is 9.97 Å². The van der Waals surface area contributed by atoms with E-state index < -0.39 is 0 Å². The summed E-state index contributed by atoms with van der Waals surface area (Å²) in [5, 5.41) is 1.05. The van der Waals surface area contributed by atoms with Crippen LogP contribution in [0.4, 0.5) is 11.5 Å². The van der Waals surface area contributed by atoms with E-state index in [1.54, 1.807) is 6.33 Å². The van der Waals surface area contributed by atoms with Crippen molar-refractivity contribution in [3.05, 3.63) is 24.5 Å². The summed E-state index contributed by atoms with van der Waals surface area (Å²) in [6.07, 6.45) is 2.86. The van der Waals surface area contributed by atoms with Gasteiger partial charge in [-0.3, -0.25) is 4.90 Å². The average Bonchev–Trinajstić information content (AvgIpc) is 2.48. The van der Waals surface area contributed by atoms with Gasteiger partial charge in [0.15, 0.2) is 0 Å². The maximum Gasteiger partial charge on any atom is 0.140 e. The minimum absolute atomic E-state index is 0.762. The molecule has 1 saturated heterocycles. The number of fused-ring (bicyclic) bond motifs is 1. The topological polar surface area (TPSA) is 58.3 Å². The highest BCUT2D eigenvalue weighted by molar-refractivity contribution is 5.91. The van der Waals surface area contributed by atoms with Gasteiger partial charge in [-0.05, 0) is 31.2 Å². The molecule has 1 aliphatic heterocycles. The number of rotatable bonds is 3. The number of piperazine rings is 1. The highest BCUT2D eigenvalue weighted by atomic mass is 15.3. The summed E-state index contributed by atoms with van der Waals surface area (Å²) in [4.78, 5) is 13.7. The van der Waals surface area contributed by atoms with Crippen LogP contribution in [0.3, 0.4) is 0 Å². The number of nitrogen functional groups attached to an aromatic ring is 1. The summed E-state index contributed by atoms with van der Waals surface area (Å²) in [5.74, 6) is 1.01. The van der Waals surface area contributed by atoms with E-state index in [1.807, 2.05) is 18.2 Å². The molecule has 2 N–H and O–H groups in total. The Balaban J connectivity index is 1.86. The lowest BCUT2D eigenvalue weighted by Crippen LogP contribution is -2.46. The molecule has 1 aliphatic rings. The summed E-state index contributed by atoms with van der Waals surface area (Å²) in [7, 11) is 0. The molecule has 0 amide bonds. The minimum Gasteiger partial charge on any atom is -0.399 e. The van der Waals surface area contributed by atoms with Crippen molar-refractivity contribution < 1.29 is 0 Å². The second-order valence-electron chi connectivity index (χ2n) is 5.30. The second kappa shape index (κ2) is 5.63. The summed E-state index contributed by atoms with van der Waals surface area (Å²) >= 11 is 0. The number of benzene rings is 1.